The van der Waals surface area contributed by atoms with E-state index < -0.39 is 5.97 Å². The molecule has 1 aliphatic heterocycles. The van der Waals surface area contributed by atoms with Crippen LogP contribution in [0.4, 0.5) is 0 Å². The van der Waals surface area contributed by atoms with E-state index in [2.05, 4.69) is 4.98 Å². The van der Waals surface area contributed by atoms with Gasteiger partial charge in [0, 0.05) is 24.7 Å². The van der Waals surface area contributed by atoms with Gasteiger partial charge in [-0.1, -0.05) is 0 Å². The maximum Gasteiger partial charge on any atom is 0.303 e. The summed E-state index contributed by atoms with van der Waals surface area (Å²) in [5.41, 5.74) is 0.632. The van der Waals surface area contributed by atoms with E-state index in [1.165, 1.54) is 0 Å². The smallest absolute Gasteiger partial charge is 0.303 e. The first kappa shape index (κ1) is 9.27. The van der Waals surface area contributed by atoms with Crippen LogP contribution in [0, 0.1) is 0 Å². The summed E-state index contributed by atoms with van der Waals surface area (Å²) in [6.07, 6.45) is 3.43. The molecule has 2 rings (SSSR count). The highest BCUT2D eigenvalue weighted by Crippen LogP contribution is 2.40. The molecule has 0 radical (unpaired) electrons. The molecule has 1 aromatic heterocycles. The third kappa shape index (κ3) is 1.53. The van der Waals surface area contributed by atoms with Crippen LogP contribution < -0.4 is 0 Å². The van der Waals surface area contributed by atoms with E-state index in [1.807, 2.05) is 18.3 Å². The van der Waals surface area contributed by atoms with Gasteiger partial charge >= 0.3 is 5.97 Å². The van der Waals surface area contributed by atoms with Crippen LogP contribution in [0.3, 0.4) is 0 Å². The van der Waals surface area contributed by atoms with Crippen LogP contribution >= 0.6 is 0 Å². The second-order valence-electron chi connectivity index (χ2n) is 3.57. The van der Waals surface area contributed by atoms with Gasteiger partial charge in [0.2, 0.25) is 0 Å². The molecular weight excluding hydrogens is 182 g/mol. The van der Waals surface area contributed by atoms with E-state index in [9.17, 15) is 4.79 Å². The molecule has 1 unspecified atom stereocenters. The molecule has 0 amide bonds. The SMILES string of the molecule is O=C(O)CCC1(c2ccc[nH]2)CCO1. The van der Waals surface area contributed by atoms with Crippen molar-refractivity contribution < 1.29 is 14.6 Å². The molecular formula is C10H13NO3. The van der Waals surface area contributed by atoms with Crippen molar-refractivity contribution in [1.29, 1.82) is 0 Å². The molecule has 0 spiro atoms. The van der Waals surface area contributed by atoms with Gasteiger partial charge in [-0.2, -0.15) is 0 Å². The van der Waals surface area contributed by atoms with Crippen molar-refractivity contribution in [3.63, 3.8) is 0 Å². The molecule has 4 nitrogen and oxygen atoms in total. The minimum atomic E-state index is -0.772. The number of carbonyl (C=O) groups is 1. The van der Waals surface area contributed by atoms with Crippen molar-refractivity contribution >= 4 is 5.97 Å². The Hall–Kier alpha value is -1.29. The summed E-state index contributed by atoms with van der Waals surface area (Å²) in [5.74, 6) is -0.772. The summed E-state index contributed by atoms with van der Waals surface area (Å²) in [7, 11) is 0. The topological polar surface area (TPSA) is 62.3 Å². The molecule has 2 heterocycles. The molecule has 1 saturated heterocycles. The number of aliphatic carboxylic acids is 1. The largest absolute Gasteiger partial charge is 0.481 e. The van der Waals surface area contributed by atoms with Crippen LogP contribution in [0.2, 0.25) is 0 Å². The number of ether oxygens (including phenoxy) is 1. The third-order valence-corrected chi connectivity index (χ3v) is 2.72. The molecule has 0 saturated carbocycles. The van der Waals surface area contributed by atoms with E-state index in [-0.39, 0.29) is 12.0 Å². The zero-order valence-corrected chi connectivity index (χ0v) is 7.82. The van der Waals surface area contributed by atoms with E-state index in [0.717, 1.165) is 18.7 Å². The van der Waals surface area contributed by atoms with E-state index in [0.29, 0.717) is 6.42 Å². The summed E-state index contributed by atoms with van der Waals surface area (Å²) in [6, 6.07) is 3.85. The summed E-state index contributed by atoms with van der Waals surface area (Å²) in [4.78, 5) is 13.6. The Morgan fingerprint density at radius 1 is 1.71 bits per heavy atom. The van der Waals surface area contributed by atoms with Gasteiger partial charge in [-0.05, 0) is 18.6 Å². The molecule has 2 N–H and O–H groups in total. The van der Waals surface area contributed by atoms with Crippen LogP contribution in [0.5, 0.6) is 0 Å². The van der Waals surface area contributed by atoms with Crippen molar-refractivity contribution in [3.05, 3.63) is 24.0 Å². The molecule has 1 aromatic rings. The Kier molecular flexibility index (Phi) is 2.29. The lowest BCUT2D eigenvalue weighted by atomic mass is 9.86. The Balaban J connectivity index is 2.07. The van der Waals surface area contributed by atoms with Crippen LogP contribution in [-0.4, -0.2) is 22.7 Å². The number of carboxylic acids is 1. The average Bonchev–Trinajstić information content (AvgIpc) is 2.55. The monoisotopic (exact) mass is 195 g/mol. The van der Waals surface area contributed by atoms with Gasteiger partial charge in [0.15, 0.2) is 0 Å². The van der Waals surface area contributed by atoms with Crippen molar-refractivity contribution in [1.82, 2.24) is 4.98 Å². The first-order valence-electron chi connectivity index (χ1n) is 4.73. The molecule has 14 heavy (non-hydrogen) atoms. The summed E-state index contributed by atoms with van der Waals surface area (Å²) < 4.78 is 5.52. The van der Waals surface area contributed by atoms with Gasteiger partial charge in [-0.3, -0.25) is 4.79 Å². The lowest BCUT2D eigenvalue weighted by molar-refractivity contribution is -0.167. The predicted molar refractivity (Wildman–Crippen MR) is 49.9 cm³/mol. The quantitative estimate of drug-likeness (QED) is 0.765. The zero-order chi connectivity index (χ0) is 10.0. The first-order chi connectivity index (χ1) is 6.73. The van der Waals surface area contributed by atoms with Crippen molar-refractivity contribution in [2.45, 2.75) is 24.9 Å². The van der Waals surface area contributed by atoms with Crippen LogP contribution in [0.25, 0.3) is 0 Å². The Morgan fingerprint density at radius 3 is 2.93 bits per heavy atom. The second kappa shape index (κ2) is 3.46. The lowest BCUT2D eigenvalue weighted by Crippen LogP contribution is -2.41. The highest BCUT2D eigenvalue weighted by atomic mass is 16.5. The molecule has 1 atom stereocenters. The Morgan fingerprint density at radius 2 is 2.50 bits per heavy atom. The summed E-state index contributed by atoms with van der Waals surface area (Å²) in [5, 5.41) is 8.63. The third-order valence-electron chi connectivity index (χ3n) is 2.72. The Bertz CT molecular complexity index is 314. The number of aromatic nitrogens is 1. The first-order valence-corrected chi connectivity index (χ1v) is 4.73. The fourth-order valence-electron chi connectivity index (χ4n) is 1.82. The highest BCUT2D eigenvalue weighted by Gasteiger charge is 2.41. The average molecular weight is 195 g/mol. The van der Waals surface area contributed by atoms with Gasteiger partial charge in [0.25, 0.3) is 0 Å². The maximum atomic E-state index is 10.5. The minimum absolute atomic E-state index is 0.152. The molecule has 76 valence electrons. The van der Waals surface area contributed by atoms with Crippen molar-refractivity contribution in [3.8, 4) is 0 Å². The summed E-state index contributed by atoms with van der Waals surface area (Å²) in [6.45, 7) is 0.721. The minimum Gasteiger partial charge on any atom is -0.481 e. The fourth-order valence-corrected chi connectivity index (χ4v) is 1.82. The molecule has 0 bridgehead atoms. The number of aromatic amines is 1. The zero-order valence-electron chi connectivity index (χ0n) is 7.82. The molecule has 0 aromatic carbocycles. The van der Waals surface area contributed by atoms with E-state index in [1.54, 1.807) is 0 Å². The van der Waals surface area contributed by atoms with Gasteiger partial charge < -0.3 is 14.8 Å². The number of nitrogens with one attached hydrogen (secondary N) is 1. The van der Waals surface area contributed by atoms with Crippen molar-refractivity contribution in [2.75, 3.05) is 6.61 Å². The molecule has 4 heteroatoms. The number of carboxylic acid groups (broad SMARTS) is 1. The lowest BCUT2D eigenvalue weighted by Gasteiger charge is -2.41. The standard InChI is InChI=1S/C10H13NO3/c12-9(13)3-4-10(5-7-14-10)8-2-1-6-11-8/h1-2,6,11H,3-5,7H2,(H,12,13). The van der Waals surface area contributed by atoms with Crippen LogP contribution in [0.15, 0.2) is 18.3 Å². The summed E-state index contributed by atoms with van der Waals surface area (Å²) >= 11 is 0. The highest BCUT2D eigenvalue weighted by molar-refractivity contribution is 5.66. The molecule has 0 aliphatic carbocycles. The Labute approximate surface area is 81.9 Å². The number of H-pyrrole nitrogens is 1. The van der Waals surface area contributed by atoms with Gasteiger partial charge in [0.05, 0.1) is 6.61 Å². The van der Waals surface area contributed by atoms with Crippen molar-refractivity contribution in [2.24, 2.45) is 0 Å². The van der Waals surface area contributed by atoms with Crippen LogP contribution in [-0.2, 0) is 15.1 Å². The number of hydrogen-bond acceptors (Lipinski definition) is 2. The van der Waals surface area contributed by atoms with Gasteiger partial charge in [0.1, 0.15) is 5.60 Å². The number of rotatable bonds is 4. The second-order valence-corrected chi connectivity index (χ2v) is 3.57. The fraction of sp³-hybridized carbons (Fsp3) is 0.500. The molecule has 1 aliphatic rings. The molecule has 1 fully saturated rings. The predicted octanol–water partition coefficient (Wildman–Crippen LogP) is 1.50. The van der Waals surface area contributed by atoms with Gasteiger partial charge in [-0.25, -0.2) is 0 Å². The maximum absolute atomic E-state index is 10.5. The van der Waals surface area contributed by atoms with E-state index >= 15 is 0 Å². The van der Waals surface area contributed by atoms with E-state index in [4.69, 9.17) is 9.84 Å². The van der Waals surface area contributed by atoms with Gasteiger partial charge in [-0.15, -0.1) is 0 Å². The number of hydrogen-bond donors (Lipinski definition) is 2. The normalized spacial score (nSPS) is 25.7. The van der Waals surface area contributed by atoms with Crippen LogP contribution in [0.1, 0.15) is 25.0 Å².